The summed E-state index contributed by atoms with van der Waals surface area (Å²) in [5.74, 6) is 0.110. The number of nitrogens with zero attached hydrogens (tertiary/aromatic N) is 2. The Hall–Kier alpha value is -2.10. The first-order chi connectivity index (χ1) is 11.7. The van der Waals surface area contributed by atoms with Crippen molar-refractivity contribution in [3.8, 4) is 0 Å². The lowest BCUT2D eigenvalue weighted by Crippen LogP contribution is -2.37. The molecule has 1 aromatic carbocycles. The van der Waals surface area contributed by atoms with Gasteiger partial charge in [0.05, 0.1) is 5.69 Å². The molecule has 2 rings (SSSR count). The molecule has 1 N–H and O–H groups in total. The van der Waals surface area contributed by atoms with Gasteiger partial charge in [-0.05, 0) is 50.2 Å². The predicted molar refractivity (Wildman–Crippen MR) is 103 cm³/mol. The molecule has 0 aliphatic rings. The van der Waals surface area contributed by atoms with E-state index in [9.17, 15) is 4.79 Å². The molecule has 0 saturated heterocycles. The molecule has 0 aliphatic heterocycles. The molecule has 0 bridgehead atoms. The zero-order valence-corrected chi connectivity index (χ0v) is 16.4. The van der Waals surface area contributed by atoms with Gasteiger partial charge in [-0.15, -0.1) is 0 Å². The molecule has 1 aromatic heterocycles. The average molecular weight is 341 g/mol. The molecule has 4 heteroatoms. The highest BCUT2D eigenvalue weighted by atomic mass is 16.1. The van der Waals surface area contributed by atoms with Crippen LogP contribution in [0, 0.1) is 13.8 Å². The van der Waals surface area contributed by atoms with Crippen molar-refractivity contribution in [2.45, 2.75) is 65.3 Å². The molecule has 1 atom stereocenters. The van der Waals surface area contributed by atoms with E-state index >= 15 is 0 Å². The molecule has 4 nitrogen and oxygen atoms in total. The van der Waals surface area contributed by atoms with E-state index in [2.05, 4.69) is 62.4 Å². The minimum absolute atomic E-state index is 0.0322. The number of amides is 1. The number of hydrogen-bond acceptors (Lipinski definition) is 2. The van der Waals surface area contributed by atoms with Crippen molar-refractivity contribution in [1.29, 1.82) is 0 Å². The third kappa shape index (κ3) is 4.94. The zero-order valence-electron chi connectivity index (χ0n) is 16.4. The molecule has 0 fully saturated rings. The van der Waals surface area contributed by atoms with Gasteiger partial charge in [-0.1, -0.05) is 44.2 Å². The standard InChI is InChI=1S/C21H31N3O/c1-15(14-21(4,5)18-10-8-7-9-11-18)22-20(25)13-12-19-16(2)23-24(6)17(19)3/h7-11,15H,12-14H2,1-6H3,(H,22,25)/t15-/m1/s1. The topological polar surface area (TPSA) is 46.9 Å². The third-order valence-corrected chi connectivity index (χ3v) is 5.04. The molecule has 1 amide bonds. The van der Waals surface area contributed by atoms with Crippen molar-refractivity contribution in [3.05, 3.63) is 52.8 Å². The molecule has 0 spiro atoms. The van der Waals surface area contributed by atoms with Crippen molar-refractivity contribution in [2.75, 3.05) is 0 Å². The Kier molecular flexibility index (Phi) is 6.04. The number of aromatic nitrogens is 2. The molecule has 1 heterocycles. The Bertz CT molecular complexity index is 716. The number of carbonyl (C=O) groups excluding carboxylic acids is 1. The Morgan fingerprint density at radius 1 is 1.24 bits per heavy atom. The van der Waals surface area contributed by atoms with Crippen LogP contribution in [0.5, 0.6) is 0 Å². The van der Waals surface area contributed by atoms with E-state index in [1.54, 1.807) is 0 Å². The Balaban J connectivity index is 1.88. The summed E-state index contributed by atoms with van der Waals surface area (Å²) in [7, 11) is 1.94. The number of benzene rings is 1. The van der Waals surface area contributed by atoms with E-state index in [-0.39, 0.29) is 17.4 Å². The van der Waals surface area contributed by atoms with E-state index in [4.69, 9.17) is 0 Å². The maximum atomic E-state index is 12.3. The molecule has 136 valence electrons. The van der Waals surface area contributed by atoms with Gasteiger partial charge in [-0.2, -0.15) is 5.10 Å². The minimum atomic E-state index is 0.0322. The summed E-state index contributed by atoms with van der Waals surface area (Å²) in [4.78, 5) is 12.3. The Morgan fingerprint density at radius 3 is 2.44 bits per heavy atom. The number of carbonyl (C=O) groups is 1. The molecule has 0 unspecified atom stereocenters. The summed E-state index contributed by atoms with van der Waals surface area (Å²) in [5.41, 5.74) is 4.69. The van der Waals surface area contributed by atoms with Gasteiger partial charge >= 0.3 is 0 Å². The smallest absolute Gasteiger partial charge is 0.220 e. The number of rotatable bonds is 7. The molecular formula is C21H31N3O. The summed E-state index contributed by atoms with van der Waals surface area (Å²) in [6, 6.07) is 10.6. The van der Waals surface area contributed by atoms with Crippen molar-refractivity contribution in [1.82, 2.24) is 15.1 Å². The summed E-state index contributed by atoms with van der Waals surface area (Å²) >= 11 is 0. The van der Waals surface area contributed by atoms with Crippen molar-refractivity contribution < 1.29 is 4.79 Å². The number of nitrogens with one attached hydrogen (secondary N) is 1. The molecule has 0 saturated carbocycles. The third-order valence-electron chi connectivity index (χ3n) is 5.04. The highest BCUT2D eigenvalue weighted by molar-refractivity contribution is 5.76. The van der Waals surface area contributed by atoms with Gasteiger partial charge in [0.15, 0.2) is 0 Å². The largest absolute Gasteiger partial charge is 0.354 e. The Morgan fingerprint density at radius 2 is 1.88 bits per heavy atom. The second kappa shape index (κ2) is 7.85. The van der Waals surface area contributed by atoms with Crippen molar-refractivity contribution in [2.24, 2.45) is 7.05 Å². The van der Waals surface area contributed by atoms with Crippen LogP contribution >= 0.6 is 0 Å². The lowest BCUT2D eigenvalue weighted by Gasteiger charge is -2.29. The molecule has 0 aliphatic carbocycles. The minimum Gasteiger partial charge on any atom is -0.354 e. The maximum absolute atomic E-state index is 12.3. The van der Waals surface area contributed by atoms with Crippen LogP contribution in [0.1, 0.15) is 56.1 Å². The SMILES string of the molecule is Cc1nn(C)c(C)c1CCC(=O)N[C@H](C)CC(C)(C)c1ccccc1. The van der Waals surface area contributed by atoms with Crippen LogP contribution in [0.3, 0.4) is 0 Å². The fourth-order valence-corrected chi connectivity index (χ4v) is 3.59. The van der Waals surface area contributed by atoms with Crippen LogP contribution in [0.25, 0.3) is 0 Å². The quantitative estimate of drug-likeness (QED) is 0.832. The van der Waals surface area contributed by atoms with E-state index < -0.39 is 0 Å². The first kappa shape index (κ1) is 19.2. The van der Waals surface area contributed by atoms with Crippen LogP contribution in [-0.4, -0.2) is 21.7 Å². The van der Waals surface area contributed by atoms with Gasteiger partial charge in [0.2, 0.25) is 5.91 Å². The van der Waals surface area contributed by atoms with Gasteiger partial charge in [0.25, 0.3) is 0 Å². The van der Waals surface area contributed by atoms with Crippen LogP contribution in [0.4, 0.5) is 0 Å². The van der Waals surface area contributed by atoms with Gasteiger partial charge in [-0.3, -0.25) is 9.48 Å². The van der Waals surface area contributed by atoms with Crippen molar-refractivity contribution >= 4 is 5.91 Å². The van der Waals surface area contributed by atoms with Gasteiger partial charge in [0, 0.05) is 25.2 Å². The molecular weight excluding hydrogens is 310 g/mol. The lowest BCUT2D eigenvalue weighted by molar-refractivity contribution is -0.121. The zero-order chi connectivity index (χ0) is 18.6. The monoisotopic (exact) mass is 341 g/mol. The summed E-state index contributed by atoms with van der Waals surface area (Å²) < 4.78 is 1.88. The lowest BCUT2D eigenvalue weighted by atomic mass is 9.79. The summed E-state index contributed by atoms with van der Waals surface area (Å²) in [5, 5.41) is 7.57. The van der Waals surface area contributed by atoms with Gasteiger partial charge in [0.1, 0.15) is 0 Å². The van der Waals surface area contributed by atoms with Gasteiger partial charge < -0.3 is 5.32 Å². The highest BCUT2D eigenvalue weighted by Crippen LogP contribution is 2.28. The molecule has 0 radical (unpaired) electrons. The van der Waals surface area contributed by atoms with E-state index in [0.29, 0.717) is 6.42 Å². The van der Waals surface area contributed by atoms with Crippen LogP contribution < -0.4 is 5.32 Å². The Labute approximate surface area is 151 Å². The second-order valence-electron chi connectivity index (χ2n) is 7.70. The summed E-state index contributed by atoms with van der Waals surface area (Å²) in [6.07, 6.45) is 2.16. The van der Waals surface area contributed by atoms with Crippen LogP contribution in [0.2, 0.25) is 0 Å². The van der Waals surface area contributed by atoms with Crippen LogP contribution in [0.15, 0.2) is 30.3 Å². The van der Waals surface area contributed by atoms with Gasteiger partial charge in [-0.25, -0.2) is 0 Å². The normalized spacial score (nSPS) is 12.9. The fourth-order valence-electron chi connectivity index (χ4n) is 3.59. The predicted octanol–water partition coefficient (Wildman–Crippen LogP) is 3.84. The second-order valence-corrected chi connectivity index (χ2v) is 7.70. The highest BCUT2D eigenvalue weighted by Gasteiger charge is 2.24. The molecule has 2 aromatic rings. The number of hydrogen-bond donors (Lipinski definition) is 1. The average Bonchev–Trinajstić information content (AvgIpc) is 2.78. The van der Waals surface area contributed by atoms with E-state index in [1.807, 2.05) is 24.7 Å². The van der Waals surface area contributed by atoms with Crippen LogP contribution in [-0.2, 0) is 23.7 Å². The fraction of sp³-hybridized carbons (Fsp3) is 0.524. The first-order valence-corrected chi connectivity index (χ1v) is 9.04. The first-order valence-electron chi connectivity index (χ1n) is 9.04. The van der Waals surface area contributed by atoms with E-state index in [0.717, 1.165) is 24.2 Å². The maximum Gasteiger partial charge on any atom is 0.220 e. The van der Waals surface area contributed by atoms with E-state index in [1.165, 1.54) is 11.1 Å². The number of aryl methyl sites for hydroxylation is 2. The molecule has 25 heavy (non-hydrogen) atoms. The summed E-state index contributed by atoms with van der Waals surface area (Å²) in [6.45, 7) is 10.6. The van der Waals surface area contributed by atoms with Crippen molar-refractivity contribution in [3.63, 3.8) is 0 Å².